The molecular formula is C17H21FN2O. The maximum atomic E-state index is 13.2. The summed E-state index contributed by atoms with van der Waals surface area (Å²) in [5.41, 5.74) is 4.48. The molecule has 1 aromatic heterocycles. The van der Waals surface area contributed by atoms with Gasteiger partial charge in [0.1, 0.15) is 11.5 Å². The highest BCUT2D eigenvalue weighted by atomic mass is 19.1. The van der Waals surface area contributed by atoms with Gasteiger partial charge in [-0.1, -0.05) is 13.0 Å². The molecule has 21 heavy (non-hydrogen) atoms. The van der Waals surface area contributed by atoms with Crippen LogP contribution in [0, 0.1) is 19.7 Å². The molecule has 1 aromatic carbocycles. The molecule has 112 valence electrons. The number of halogens is 1. The molecule has 3 nitrogen and oxygen atoms in total. The maximum absolute atomic E-state index is 13.2. The largest absolute Gasteiger partial charge is 0.341 e. The van der Waals surface area contributed by atoms with Crippen LogP contribution in [0.5, 0.6) is 0 Å². The van der Waals surface area contributed by atoms with Crippen molar-refractivity contribution in [3.8, 4) is 0 Å². The number of carbonyl (C=O) groups excluding carboxylic acids is 1. The summed E-state index contributed by atoms with van der Waals surface area (Å²) in [6.07, 6.45) is 0.894. The zero-order valence-corrected chi connectivity index (χ0v) is 13.0. The van der Waals surface area contributed by atoms with Crippen molar-refractivity contribution in [1.29, 1.82) is 0 Å². The topological polar surface area (TPSA) is 34.0 Å². The lowest BCUT2D eigenvalue weighted by atomic mass is 10.1. The van der Waals surface area contributed by atoms with Crippen LogP contribution in [0.4, 0.5) is 10.1 Å². The molecule has 1 heterocycles. The van der Waals surface area contributed by atoms with Gasteiger partial charge in [0.15, 0.2) is 0 Å². The number of anilines is 1. The first-order chi connectivity index (χ1) is 9.99. The van der Waals surface area contributed by atoms with Gasteiger partial charge < -0.3 is 9.88 Å². The predicted molar refractivity (Wildman–Crippen MR) is 83.3 cm³/mol. The van der Waals surface area contributed by atoms with E-state index in [0.717, 1.165) is 24.2 Å². The van der Waals surface area contributed by atoms with Gasteiger partial charge >= 0.3 is 0 Å². The molecule has 4 heteroatoms. The highest BCUT2D eigenvalue weighted by Gasteiger charge is 2.21. The Bertz CT molecular complexity index is 674. The van der Waals surface area contributed by atoms with Crippen LogP contribution in [-0.2, 0) is 13.0 Å². The average molecular weight is 288 g/mol. The average Bonchev–Trinajstić information content (AvgIpc) is 2.69. The van der Waals surface area contributed by atoms with E-state index in [4.69, 9.17) is 0 Å². The van der Waals surface area contributed by atoms with E-state index in [1.54, 1.807) is 12.1 Å². The van der Waals surface area contributed by atoms with Gasteiger partial charge in [0.05, 0.1) is 0 Å². The van der Waals surface area contributed by atoms with Crippen LogP contribution < -0.4 is 5.32 Å². The van der Waals surface area contributed by atoms with Crippen LogP contribution >= 0.6 is 0 Å². The van der Waals surface area contributed by atoms with Gasteiger partial charge in [-0.15, -0.1) is 0 Å². The fourth-order valence-electron chi connectivity index (χ4n) is 2.91. The Morgan fingerprint density at radius 3 is 2.57 bits per heavy atom. The SMILES string of the molecule is CCc1c(C)c(C(=O)Nc2cccc(F)c2)n(CC)c1C. The number of rotatable bonds is 4. The lowest BCUT2D eigenvalue weighted by Gasteiger charge is -2.10. The van der Waals surface area contributed by atoms with Crippen LogP contribution in [0.2, 0.25) is 0 Å². The molecule has 0 aliphatic heterocycles. The number of nitrogens with zero attached hydrogens (tertiary/aromatic N) is 1. The van der Waals surface area contributed by atoms with Crippen LogP contribution in [0.15, 0.2) is 24.3 Å². The van der Waals surface area contributed by atoms with Gasteiger partial charge in [-0.2, -0.15) is 0 Å². The van der Waals surface area contributed by atoms with Crippen LogP contribution in [0.1, 0.15) is 41.2 Å². The molecule has 2 aromatic rings. The number of aromatic nitrogens is 1. The summed E-state index contributed by atoms with van der Waals surface area (Å²) < 4.78 is 15.2. The van der Waals surface area contributed by atoms with Crippen molar-refractivity contribution in [2.75, 3.05) is 5.32 Å². The van der Waals surface area contributed by atoms with Gasteiger partial charge in [-0.05, 0) is 56.5 Å². The minimum atomic E-state index is -0.360. The standard InChI is InChI=1S/C17H21FN2O/c1-5-15-11(3)16(20(6-2)12(15)4)17(21)19-14-9-7-8-13(18)10-14/h7-10H,5-6H2,1-4H3,(H,19,21). The highest BCUT2D eigenvalue weighted by Crippen LogP contribution is 2.24. The summed E-state index contributed by atoms with van der Waals surface area (Å²) in [6, 6.07) is 5.94. The Morgan fingerprint density at radius 2 is 2.00 bits per heavy atom. The van der Waals surface area contributed by atoms with E-state index in [9.17, 15) is 9.18 Å². The molecule has 0 radical (unpaired) electrons. The summed E-state index contributed by atoms with van der Waals surface area (Å²) in [4.78, 5) is 12.6. The molecule has 0 fully saturated rings. The van der Waals surface area contributed by atoms with E-state index in [1.165, 1.54) is 17.7 Å². The Hall–Kier alpha value is -2.10. The molecule has 0 bridgehead atoms. The summed E-state index contributed by atoms with van der Waals surface area (Å²) in [5, 5.41) is 2.78. The van der Waals surface area contributed by atoms with Crippen molar-refractivity contribution in [1.82, 2.24) is 4.57 Å². The molecule has 0 saturated heterocycles. The number of benzene rings is 1. The van der Waals surface area contributed by atoms with Gasteiger partial charge in [-0.3, -0.25) is 4.79 Å². The molecule has 0 spiro atoms. The lowest BCUT2D eigenvalue weighted by molar-refractivity contribution is 0.101. The molecule has 0 saturated carbocycles. The molecule has 2 rings (SSSR count). The van der Waals surface area contributed by atoms with Crippen molar-refractivity contribution in [3.63, 3.8) is 0 Å². The van der Waals surface area contributed by atoms with Crippen molar-refractivity contribution in [2.45, 2.75) is 40.7 Å². The first kappa shape index (κ1) is 15.3. The molecule has 0 aliphatic rings. The fraction of sp³-hybridized carbons (Fsp3) is 0.353. The van der Waals surface area contributed by atoms with Crippen molar-refractivity contribution >= 4 is 11.6 Å². The van der Waals surface area contributed by atoms with Crippen LogP contribution in [0.25, 0.3) is 0 Å². The molecule has 0 atom stereocenters. The van der Waals surface area contributed by atoms with Gasteiger partial charge in [0.25, 0.3) is 5.91 Å². The summed E-state index contributed by atoms with van der Waals surface area (Å²) in [7, 11) is 0. The quantitative estimate of drug-likeness (QED) is 0.903. The van der Waals surface area contributed by atoms with E-state index in [0.29, 0.717) is 11.4 Å². The summed E-state index contributed by atoms with van der Waals surface area (Å²) >= 11 is 0. The monoisotopic (exact) mass is 288 g/mol. The van der Waals surface area contributed by atoms with Gasteiger partial charge in [0, 0.05) is 17.9 Å². The Morgan fingerprint density at radius 1 is 1.29 bits per heavy atom. The number of nitrogens with one attached hydrogen (secondary N) is 1. The Balaban J connectivity index is 2.39. The summed E-state index contributed by atoms with van der Waals surface area (Å²) in [5.74, 6) is -0.552. The summed E-state index contributed by atoms with van der Waals surface area (Å²) in [6.45, 7) is 8.85. The van der Waals surface area contributed by atoms with E-state index < -0.39 is 0 Å². The molecular weight excluding hydrogens is 267 g/mol. The lowest BCUT2D eigenvalue weighted by Crippen LogP contribution is -2.18. The van der Waals surface area contributed by atoms with Gasteiger partial charge in [-0.25, -0.2) is 4.39 Å². The first-order valence-electron chi connectivity index (χ1n) is 7.25. The first-order valence-corrected chi connectivity index (χ1v) is 7.25. The fourth-order valence-corrected chi connectivity index (χ4v) is 2.91. The normalized spacial score (nSPS) is 10.7. The minimum Gasteiger partial charge on any atom is -0.341 e. The zero-order valence-electron chi connectivity index (χ0n) is 13.0. The van der Waals surface area contributed by atoms with E-state index in [1.807, 2.05) is 25.3 Å². The Labute approximate surface area is 124 Å². The third-order valence-corrected chi connectivity index (χ3v) is 3.89. The second-order valence-electron chi connectivity index (χ2n) is 5.10. The van der Waals surface area contributed by atoms with Crippen LogP contribution in [0.3, 0.4) is 0 Å². The van der Waals surface area contributed by atoms with Gasteiger partial charge in [0.2, 0.25) is 0 Å². The van der Waals surface area contributed by atoms with Crippen LogP contribution in [-0.4, -0.2) is 10.5 Å². The van der Waals surface area contributed by atoms with Crippen molar-refractivity contribution < 1.29 is 9.18 Å². The van der Waals surface area contributed by atoms with E-state index in [2.05, 4.69) is 12.2 Å². The number of carbonyl (C=O) groups is 1. The third-order valence-electron chi connectivity index (χ3n) is 3.89. The minimum absolute atomic E-state index is 0.192. The number of hydrogen-bond donors (Lipinski definition) is 1. The molecule has 1 N–H and O–H groups in total. The highest BCUT2D eigenvalue weighted by molar-refractivity contribution is 6.04. The zero-order chi connectivity index (χ0) is 15.6. The Kier molecular flexibility index (Phi) is 4.46. The second kappa shape index (κ2) is 6.12. The number of hydrogen-bond acceptors (Lipinski definition) is 1. The molecule has 1 amide bonds. The third kappa shape index (κ3) is 2.84. The van der Waals surface area contributed by atoms with E-state index >= 15 is 0 Å². The molecule has 0 aliphatic carbocycles. The van der Waals surface area contributed by atoms with Crippen molar-refractivity contribution in [3.05, 3.63) is 52.6 Å². The molecule has 0 unspecified atom stereocenters. The smallest absolute Gasteiger partial charge is 0.272 e. The second-order valence-corrected chi connectivity index (χ2v) is 5.10. The number of amides is 1. The van der Waals surface area contributed by atoms with Crippen molar-refractivity contribution in [2.24, 2.45) is 0 Å². The van der Waals surface area contributed by atoms with E-state index in [-0.39, 0.29) is 11.7 Å². The predicted octanol–water partition coefficient (Wildman–Crippen LogP) is 4.08. The maximum Gasteiger partial charge on any atom is 0.272 e.